The van der Waals surface area contributed by atoms with Gasteiger partial charge in [0.2, 0.25) is 12.7 Å². The van der Waals surface area contributed by atoms with Gasteiger partial charge in [-0.3, -0.25) is 4.79 Å². The lowest BCUT2D eigenvalue weighted by Gasteiger charge is -2.08. The Morgan fingerprint density at radius 2 is 1.85 bits per heavy atom. The quantitative estimate of drug-likeness (QED) is 0.741. The number of carbonyl (C=O) groups excluding carboxylic acids is 2. The number of anilines is 1. The SMILES string of the molecule is COC(=O)c1ccc(NCCC(=O)NCc2ccc3c(c2)OCO3)cc1. The molecule has 2 aromatic carbocycles. The summed E-state index contributed by atoms with van der Waals surface area (Å²) in [7, 11) is 1.34. The van der Waals surface area contributed by atoms with Crippen LogP contribution in [0.4, 0.5) is 5.69 Å². The van der Waals surface area contributed by atoms with Crippen molar-refractivity contribution in [1.29, 1.82) is 0 Å². The van der Waals surface area contributed by atoms with E-state index in [9.17, 15) is 9.59 Å². The molecule has 0 bridgehead atoms. The minimum Gasteiger partial charge on any atom is -0.465 e. The Balaban J connectivity index is 1.39. The molecule has 7 heteroatoms. The molecule has 2 N–H and O–H groups in total. The Morgan fingerprint density at radius 1 is 1.08 bits per heavy atom. The molecule has 2 aromatic rings. The molecule has 0 radical (unpaired) electrons. The molecule has 1 aliphatic heterocycles. The number of hydrogen-bond donors (Lipinski definition) is 2. The molecular weight excluding hydrogens is 336 g/mol. The van der Waals surface area contributed by atoms with E-state index in [2.05, 4.69) is 15.4 Å². The van der Waals surface area contributed by atoms with Crippen LogP contribution in [0.1, 0.15) is 22.3 Å². The zero-order valence-electron chi connectivity index (χ0n) is 14.4. The highest BCUT2D eigenvalue weighted by Gasteiger charge is 2.13. The fraction of sp³-hybridized carbons (Fsp3) is 0.263. The summed E-state index contributed by atoms with van der Waals surface area (Å²) < 4.78 is 15.2. The molecule has 0 atom stereocenters. The Kier molecular flexibility index (Phi) is 5.58. The molecule has 3 rings (SSSR count). The number of methoxy groups -OCH3 is 1. The van der Waals surface area contributed by atoms with Crippen LogP contribution < -0.4 is 20.1 Å². The molecule has 0 aromatic heterocycles. The van der Waals surface area contributed by atoms with Crippen LogP contribution >= 0.6 is 0 Å². The molecule has 1 heterocycles. The summed E-state index contributed by atoms with van der Waals surface area (Å²) in [5.41, 5.74) is 2.27. The number of benzene rings is 2. The highest BCUT2D eigenvalue weighted by atomic mass is 16.7. The second kappa shape index (κ2) is 8.24. The minimum absolute atomic E-state index is 0.0543. The Labute approximate surface area is 151 Å². The number of carbonyl (C=O) groups is 2. The monoisotopic (exact) mass is 356 g/mol. The number of amides is 1. The van der Waals surface area contributed by atoms with Gasteiger partial charge >= 0.3 is 5.97 Å². The molecule has 26 heavy (non-hydrogen) atoms. The summed E-state index contributed by atoms with van der Waals surface area (Å²) in [4.78, 5) is 23.3. The molecule has 0 aliphatic carbocycles. The van der Waals surface area contributed by atoms with Gasteiger partial charge in [-0.15, -0.1) is 0 Å². The minimum atomic E-state index is -0.376. The van der Waals surface area contributed by atoms with E-state index in [1.807, 2.05) is 18.2 Å². The summed E-state index contributed by atoms with van der Waals surface area (Å²) in [6, 6.07) is 12.5. The standard InChI is InChI=1S/C19H20N2O5/c1-24-19(23)14-3-5-15(6-4-14)20-9-8-18(22)21-11-13-2-7-16-17(10-13)26-12-25-16/h2-7,10,20H,8-9,11-12H2,1H3,(H,21,22). The number of ether oxygens (including phenoxy) is 3. The van der Waals surface area contributed by atoms with Gasteiger partial charge in [0.15, 0.2) is 11.5 Å². The molecule has 1 aliphatic rings. The van der Waals surface area contributed by atoms with Crippen LogP contribution in [0, 0.1) is 0 Å². The maximum Gasteiger partial charge on any atom is 0.337 e. The number of nitrogens with one attached hydrogen (secondary N) is 2. The first-order valence-corrected chi connectivity index (χ1v) is 8.23. The van der Waals surface area contributed by atoms with Crippen molar-refractivity contribution in [2.75, 3.05) is 25.8 Å². The number of hydrogen-bond acceptors (Lipinski definition) is 6. The van der Waals surface area contributed by atoms with Crippen LogP contribution in [-0.4, -0.2) is 32.3 Å². The normalized spacial score (nSPS) is 11.7. The van der Waals surface area contributed by atoms with Crippen LogP contribution in [0.2, 0.25) is 0 Å². The van der Waals surface area contributed by atoms with Crippen molar-refractivity contribution in [3.05, 3.63) is 53.6 Å². The molecule has 0 saturated carbocycles. The second-order valence-electron chi connectivity index (χ2n) is 5.71. The van der Waals surface area contributed by atoms with E-state index in [4.69, 9.17) is 9.47 Å². The summed E-state index contributed by atoms with van der Waals surface area (Å²) >= 11 is 0. The number of esters is 1. The summed E-state index contributed by atoms with van der Waals surface area (Å²) in [6.45, 7) is 1.16. The third kappa shape index (κ3) is 4.44. The van der Waals surface area contributed by atoms with Gasteiger partial charge in [0.05, 0.1) is 12.7 Å². The maximum atomic E-state index is 12.0. The molecule has 0 unspecified atom stereocenters. The molecule has 0 spiro atoms. The van der Waals surface area contributed by atoms with Gasteiger partial charge in [-0.2, -0.15) is 0 Å². The first-order valence-electron chi connectivity index (χ1n) is 8.23. The fourth-order valence-corrected chi connectivity index (χ4v) is 2.50. The third-order valence-corrected chi connectivity index (χ3v) is 3.91. The molecular formula is C19H20N2O5. The van der Waals surface area contributed by atoms with Crippen LogP contribution in [0.5, 0.6) is 11.5 Å². The molecule has 7 nitrogen and oxygen atoms in total. The first-order chi connectivity index (χ1) is 12.7. The fourth-order valence-electron chi connectivity index (χ4n) is 2.50. The second-order valence-corrected chi connectivity index (χ2v) is 5.71. The van der Waals surface area contributed by atoms with E-state index in [-0.39, 0.29) is 18.7 Å². The average molecular weight is 356 g/mol. The molecule has 1 amide bonds. The highest BCUT2D eigenvalue weighted by Crippen LogP contribution is 2.32. The van der Waals surface area contributed by atoms with E-state index in [0.717, 1.165) is 17.0 Å². The summed E-state index contributed by atoms with van der Waals surface area (Å²) in [5, 5.41) is 6.01. The Morgan fingerprint density at radius 3 is 2.62 bits per heavy atom. The van der Waals surface area contributed by atoms with Crippen LogP contribution in [-0.2, 0) is 16.1 Å². The summed E-state index contributed by atoms with van der Waals surface area (Å²) in [6.07, 6.45) is 0.337. The van der Waals surface area contributed by atoms with Crippen LogP contribution in [0.3, 0.4) is 0 Å². The van der Waals surface area contributed by atoms with Gasteiger partial charge in [0, 0.05) is 25.2 Å². The van der Waals surface area contributed by atoms with Crippen molar-refractivity contribution in [2.24, 2.45) is 0 Å². The van der Waals surface area contributed by atoms with Gasteiger partial charge in [-0.1, -0.05) is 6.07 Å². The van der Waals surface area contributed by atoms with E-state index in [1.54, 1.807) is 24.3 Å². The van der Waals surface area contributed by atoms with Crippen molar-refractivity contribution in [3.8, 4) is 11.5 Å². The average Bonchev–Trinajstić information content (AvgIpc) is 3.14. The van der Waals surface area contributed by atoms with Crippen molar-refractivity contribution in [3.63, 3.8) is 0 Å². The lowest BCUT2D eigenvalue weighted by molar-refractivity contribution is -0.121. The van der Waals surface area contributed by atoms with E-state index < -0.39 is 0 Å². The molecule has 0 saturated heterocycles. The maximum absolute atomic E-state index is 12.0. The first kappa shape index (κ1) is 17.6. The number of fused-ring (bicyclic) bond motifs is 1. The van der Waals surface area contributed by atoms with E-state index in [1.165, 1.54) is 7.11 Å². The molecule has 136 valence electrons. The third-order valence-electron chi connectivity index (χ3n) is 3.91. The zero-order valence-corrected chi connectivity index (χ0v) is 14.4. The van der Waals surface area contributed by atoms with Crippen molar-refractivity contribution >= 4 is 17.6 Å². The van der Waals surface area contributed by atoms with Crippen LogP contribution in [0.25, 0.3) is 0 Å². The van der Waals surface area contributed by atoms with Gasteiger partial charge in [0.25, 0.3) is 0 Å². The zero-order chi connectivity index (χ0) is 18.4. The lowest BCUT2D eigenvalue weighted by Crippen LogP contribution is -2.24. The van der Waals surface area contributed by atoms with Gasteiger partial charge in [-0.05, 0) is 42.0 Å². The topological polar surface area (TPSA) is 85.9 Å². The van der Waals surface area contributed by atoms with E-state index >= 15 is 0 Å². The predicted molar refractivity (Wildman–Crippen MR) is 95.3 cm³/mol. The predicted octanol–water partition coefficient (Wildman–Crippen LogP) is 2.32. The van der Waals surface area contributed by atoms with Crippen LogP contribution in [0.15, 0.2) is 42.5 Å². The van der Waals surface area contributed by atoms with Gasteiger partial charge < -0.3 is 24.8 Å². The summed E-state index contributed by atoms with van der Waals surface area (Å²) in [5.74, 6) is 0.997. The van der Waals surface area contributed by atoms with Crippen molar-refractivity contribution in [1.82, 2.24) is 5.32 Å². The lowest BCUT2D eigenvalue weighted by atomic mass is 10.2. The highest BCUT2D eigenvalue weighted by molar-refractivity contribution is 5.89. The Bertz CT molecular complexity index is 789. The molecule has 0 fully saturated rings. The van der Waals surface area contributed by atoms with E-state index in [0.29, 0.717) is 30.8 Å². The van der Waals surface area contributed by atoms with Crippen molar-refractivity contribution in [2.45, 2.75) is 13.0 Å². The largest absolute Gasteiger partial charge is 0.465 e. The number of rotatable bonds is 7. The van der Waals surface area contributed by atoms with Gasteiger partial charge in [0.1, 0.15) is 0 Å². The smallest absolute Gasteiger partial charge is 0.337 e. The van der Waals surface area contributed by atoms with Gasteiger partial charge in [-0.25, -0.2) is 4.79 Å². The van der Waals surface area contributed by atoms with Crippen molar-refractivity contribution < 1.29 is 23.8 Å². The Hall–Kier alpha value is -3.22.